The molecule has 0 aliphatic heterocycles. The molecule has 0 heterocycles. The molecule has 0 saturated heterocycles. The first-order chi connectivity index (χ1) is 10.5. The molecule has 0 aromatic carbocycles. The Morgan fingerprint density at radius 3 is 0.840 bits per heavy atom. The summed E-state index contributed by atoms with van der Waals surface area (Å²) in [5.74, 6) is 0. The lowest BCUT2D eigenvalue weighted by molar-refractivity contribution is -0.183. The maximum Gasteiger partial charge on any atom is 0.421 e. The van der Waals surface area contributed by atoms with Crippen LogP contribution in [0.2, 0.25) is 0 Å². The van der Waals surface area contributed by atoms with Crippen LogP contribution in [0.1, 0.15) is 6.92 Å². The lowest BCUT2D eigenvalue weighted by Gasteiger charge is -2.26. The third-order valence-electron chi connectivity index (χ3n) is 2.43. The van der Waals surface area contributed by atoms with Gasteiger partial charge >= 0.3 is 30.9 Å². The van der Waals surface area contributed by atoms with Crippen LogP contribution in [0, 0.1) is 0 Å². The highest BCUT2D eigenvalue weighted by atomic mass is 19.4. The largest absolute Gasteiger partial charge is 0.421 e. The van der Waals surface area contributed by atoms with Crippen LogP contribution in [0.4, 0.5) is 65.9 Å². The van der Waals surface area contributed by atoms with E-state index in [9.17, 15) is 65.9 Å². The van der Waals surface area contributed by atoms with E-state index in [4.69, 9.17) is 0 Å². The summed E-state index contributed by atoms with van der Waals surface area (Å²) in [5.41, 5.74) is -16.7. The van der Waals surface area contributed by atoms with Crippen LogP contribution in [0.15, 0.2) is 22.3 Å². The van der Waals surface area contributed by atoms with Crippen molar-refractivity contribution in [1.82, 2.24) is 0 Å². The molecule has 0 saturated carbocycles. The summed E-state index contributed by atoms with van der Waals surface area (Å²) >= 11 is 0. The van der Waals surface area contributed by atoms with Crippen molar-refractivity contribution in [3.8, 4) is 0 Å². The second kappa shape index (κ2) is 6.30. The van der Waals surface area contributed by atoms with Gasteiger partial charge in [-0.15, -0.1) is 0 Å². The Kier molecular flexibility index (Phi) is 5.91. The molecule has 0 aliphatic carbocycles. The van der Waals surface area contributed by atoms with Crippen LogP contribution in [-0.4, -0.2) is 30.9 Å². The number of hydrogen-bond donors (Lipinski definition) is 0. The monoisotopic (exact) mass is 408 g/mol. The number of alkyl halides is 15. The summed E-state index contributed by atoms with van der Waals surface area (Å²) < 4.78 is 187. The predicted octanol–water partition coefficient (Wildman–Crippen LogP) is 6.41. The minimum atomic E-state index is -7.08. The second-order valence-electron chi connectivity index (χ2n) is 4.24. The molecule has 0 aromatic rings. The molecule has 0 atom stereocenters. The maximum atomic E-state index is 12.6. The van der Waals surface area contributed by atoms with E-state index in [2.05, 4.69) is 0 Å². The topological polar surface area (TPSA) is 0 Å². The predicted molar refractivity (Wildman–Crippen MR) is 50.0 cm³/mol. The van der Waals surface area contributed by atoms with E-state index in [-0.39, 0.29) is 0 Å². The van der Waals surface area contributed by atoms with E-state index >= 15 is 0 Å². The van der Waals surface area contributed by atoms with Crippen molar-refractivity contribution in [3.05, 3.63) is 22.3 Å². The van der Waals surface area contributed by atoms with Gasteiger partial charge in [0.1, 0.15) is 5.57 Å². The molecular weight excluding hydrogens is 405 g/mol. The Morgan fingerprint density at radius 1 is 0.400 bits per heavy atom. The molecule has 0 N–H and O–H groups in total. The average Bonchev–Trinajstić information content (AvgIpc) is 2.19. The number of halogens is 15. The van der Waals surface area contributed by atoms with Crippen molar-refractivity contribution in [2.45, 2.75) is 37.8 Å². The Hall–Kier alpha value is -1.57. The van der Waals surface area contributed by atoms with Crippen LogP contribution < -0.4 is 0 Å². The Balaban J connectivity index is 7.57. The summed E-state index contributed by atoms with van der Waals surface area (Å²) in [6, 6.07) is 0. The van der Waals surface area contributed by atoms with Gasteiger partial charge in [0.05, 0.1) is 11.1 Å². The summed E-state index contributed by atoms with van der Waals surface area (Å²) in [5, 5.41) is 0. The van der Waals surface area contributed by atoms with Crippen molar-refractivity contribution in [2.75, 3.05) is 0 Å². The lowest BCUT2D eigenvalue weighted by atomic mass is 9.93. The zero-order chi connectivity index (χ0) is 20.8. The van der Waals surface area contributed by atoms with E-state index < -0.39 is 60.1 Å². The highest BCUT2D eigenvalue weighted by molar-refractivity contribution is 5.48. The second-order valence-corrected chi connectivity index (χ2v) is 4.24. The number of rotatable bonds is 1. The van der Waals surface area contributed by atoms with Gasteiger partial charge in [0.25, 0.3) is 0 Å². The molecule has 0 amide bonds. The van der Waals surface area contributed by atoms with Gasteiger partial charge in [-0.05, 0) is 6.92 Å². The summed E-state index contributed by atoms with van der Waals surface area (Å²) in [7, 11) is 0. The molecule has 0 aliphatic rings. The van der Waals surface area contributed by atoms with E-state index in [0.29, 0.717) is 0 Å². The van der Waals surface area contributed by atoms with Crippen LogP contribution in [0.5, 0.6) is 0 Å². The van der Waals surface area contributed by atoms with Crippen molar-refractivity contribution >= 4 is 0 Å². The summed E-state index contributed by atoms with van der Waals surface area (Å²) in [6.45, 7) is -0.723. The molecule has 148 valence electrons. The fraction of sp³-hybridized carbons (Fsp3) is 0.600. The smallest absolute Gasteiger partial charge is 0.166 e. The molecule has 0 aromatic heterocycles. The van der Waals surface area contributed by atoms with Crippen molar-refractivity contribution in [1.29, 1.82) is 0 Å². The fourth-order valence-corrected chi connectivity index (χ4v) is 1.54. The minimum absolute atomic E-state index is 0.723. The zero-order valence-electron chi connectivity index (χ0n) is 11.2. The molecular formula is C10H3F15. The Bertz CT molecular complexity index is 538. The highest BCUT2D eigenvalue weighted by Gasteiger charge is 2.62. The molecule has 25 heavy (non-hydrogen) atoms. The maximum absolute atomic E-state index is 12.6. The summed E-state index contributed by atoms with van der Waals surface area (Å²) in [6.07, 6.45) is -34.3. The van der Waals surface area contributed by atoms with Gasteiger partial charge < -0.3 is 0 Å². The summed E-state index contributed by atoms with van der Waals surface area (Å²) in [4.78, 5) is 0. The van der Waals surface area contributed by atoms with Crippen LogP contribution >= 0.6 is 0 Å². The molecule has 15 heteroatoms. The van der Waals surface area contributed by atoms with Gasteiger partial charge in [-0.3, -0.25) is 0 Å². The fourth-order valence-electron chi connectivity index (χ4n) is 1.54. The van der Waals surface area contributed by atoms with Gasteiger partial charge in [-0.2, -0.15) is 65.9 Å². The quantitative estimate of drug-likeness (QED) is 0.348. The first-order valence-corrected chi connectivity index (χ1v) is 5.33. The molecule has 0 radical (unpaired) electrons. The first-order valence-electron chi connectivity index (χ1n) is 5.33. The van der Waals surface area contributed by atoms with Gasteiger partial charge in [0.2, 0.25) is 0 Å². The number of allylic oxidation sites excluding steroid dienone is 4. The van der Waals surface area contributed by atoms with Gasteiger partial charge in [-0.25, -0.2) is 0 Å². The van der Waals surface area contributed by atoms with Gasteiger partial charge in [-0.1, -0.05) is 0 Å². The standard InChI is InChI=1S/C10H3F15/c1-2(6(11,12)13)3(7(14,15)16)4(8(17,18)19)5(9(20,21)22)10(23,24)25/h1H3. The van der Waals surface area contributed by atoms with E-state index in [0.717, 1.165) is 0 Å². The van der Waals surface area contributed by atoms with Crippen LogP contribution in [0.25, 0.3) is 0 Å². The highest BCUT2D eigenvalue weighted by Crippen LogP contribution is 2.52. The molecule has 0 nitrogen and oxygen atoms in total. The van der Waals surface area contributed by atoms with Gasteiger partial charge in [0.15, 0.2) is 0 Å². The normalized spacial score (nSPS) is 15.8. The molecule has 0 unspecified atom stereocenters. The lowest BCUT2D eigenvalue weighted by Crippen LogP contribution is -2.36. The van der Waals surface area contributed by atoms with Crippen molar-refractivity contribution < 1.29 is 65.9 Å². The minimum Gasteiger partial charge on any atom is -0.166 e. The first kappa shape index (κ1) is 23.4. The zero-order valence-corrected chi connectivity index (χ0v) is 11.2. The van der Waals surface area contributed by atoms with Crippen LogP contribution in [0.3, 0.4) is 0 Å². The third kappa shape index (κ3) is 5.73. The van der Waals surface area contributed by atoms with E-state index in [1.54, 1.807) is 0 Å². The van der Waals surface area contributed by atoms with Crippen LogP contribution in [-0.2, 0) is 0 Å². The number of hydrogen-bond acceptors (Lipinski definition) is 0. The van der Waals surface area contributed by atoms with Crippen molar-refractivity contribution in [3.63, 3.8) is 0 Å². The Labute approximate surface area is 127 Å². The molecule has 0 rings (SSSR count). The SMILES string of the molecule is CC(=C(C(=C(C(F)(F)F)C(F)(F)F)C(F)(F)F)C(F)(F)F)C(F)(F)F. The molecule has 0 fully saturated rings. The average molecular weight is 408 g/mol. The van der Waals surface area contributed by atoms with Crippen molar-refractivity contribution in [2.24, 2.45) is 0 Å². The molecule has 0 bridgehead atoms. The van der Waals surface area contributed by atoms with E-state index in [1.165, 1.54) is 0 Å². The third-order valence-corrected chi connectivity index (χ3v) is 2.43. The van der Waals surface area contributed by atoms with Gasteiger partial charge in [0, 0.05) is 5.57 Å². The van der Waals surface area contributed by atoms with E-state index in [1.807, 2.05) is 0 Å². The Morgan fingerprint density at radius 2 is 0.680 bits per heavy atom. The molecule has 0 spiro atoms.